The number of hydrogen-bond donors (Lipinski definition) is 3. The summed E-state index contributed by atoms with van der Waals surface area (Å²) in [5.41, 5.74) is 1.50. The molecule has 11 nitrogen and oxygen atoms in total. The number of nitrogens with zero attached hydrogens (tertiary/aromatic N) is 3. The number of carbonyl (C=O) groups excluding carboxylic acids is 1. The summed E-state index contributed by atoms with van der Waals surface area (Å²) in [5, 5.41) is 10.1. The SMILES string of the molecule is C=CC(=O)Nc1cc(Nc2ncc(Cl)c(Nc3ccccc3P(C)(C)=O)n2)c(OC)cc1OC1COCCN(C)C1. The summed E-state index contributed by atoms with van der Waals surface area (Å²) in [6, 6.07) is 10.6. The van der Waals surface area contributed by atoms with Crippen LogP contribution < -0.4 is 30.7 Å². The molecule has 3 aromatic rings. The number of nitrogens with one attached hydrogen (secondary N) is 3. The first-order valence-corrected chi connectivity index (χ1v) is 15.8. The third-order valence-corrected chi connectivity index (χ3v) is 8.03. The van der Waals surface area contributed by atoms with Crippen LogP contribution in [0.3, 0.4) is 0 Å². The highest BCUT2D eigenvalue weighted by Gasteiger charge is 2.22. The Morgan fingerprint density at radius 1 is 1.20 bits per heavy atom. The van der Waals surface area contributed by atoms with Gasteiger partial charge in [-0.2, -0.15) is 4.98 Å². The number of aromatic nitrogens is 2. The molecule has 41 heavy (non-hydrogen) atoms. The van der Waals surface area contributed by atoms with E-state index >= 15 is 0 Å². The molecule has 0 aliphatic carbocycles. The van der Waals surface area contributed by atoms with E-state index in [1.165, 1.54) is 19.4 Å². The molecule has 1 aliphatic rings. The monoisotopic (exact) mass is 600 g/mol. The van der Waals surface area contributed by atoms with Gasteiger partial charge in [0.1, 0.15) is 29.8 Å². The summed E-state index contributed by atoms with van der Waals surface area (Å²) in [4.78, 5) is 23.2. The van der Waals surface area contributed by atoms with Gasteiger partial charge < -0.3 is 39.6 Å². The van der Waals surface area contributed by atoms with E-state index < -0.39 is 13.0 Å². The lowest BCUT2D eigenvalue weighted by molar-refractivity contribution is -0.111. The van der Waals surface area contributed by atoms with Gasteiger partial charge in [-0.25, -0.2) is 4.98 Å². The summed E-state index contributed by atoms with van der Waals surface area (Å²) >= 11 is 6.41. The number of methoxy groups -OCH3 is 1. The second-order valence-electron chi connectivity index (χ2n) is 9.83. The van der Waals surface area contributed by atoms with Gasteiger partial charge in [-0.05, 0) is 44.7 Å². The maximum Gasteiger partial charge on any atom is 0.247 e. The quantitative estimate of drug-likeness (QED) is 0.222. The van der Waals surface area contributed by atoms with Gasteiger partial charge in [0.15, 0.2) is 5.82 Å². The van der Waals surface area contributed by atoms with Gasteiger partial charge in [0.05, 0.1) is 43.6 Å². The van der Waals surface area contributed by atoms with Crippen LogP contribution in [0.4, 0.5) is 28.8 Å². The zero-order valence-corrected chi connectivity index (χ0v) is 25.1. The number of para-hydroxylation sites is 1. The van der Waals surface area contributed by atoms with Crippen molar-refractivity contribution < 1.29 is 23.6 Å². The number of anilines is 5. The van der Waals surface area contributed by atoms with Gasteiger partial charge in [-0.1, -0.05) is 30.3 Å². The molecular weight excluding hydrogens is 567 g/mol. The third kappa shape index (κ3) is 7.98. The topological polar surface area (TPSA) is 127 Å². The fourth-order valence-electron chi connectivity index (χ4n) is 4.20. The van der Waals surface area contributed by atoms with Gasteiger partial charge in [-0.15, -0.1) is 0 Å². The standard InChI is InChI=1S/C28H34ClN6O5P/c1-6-26(36)31-22-13-21(23(38-3)14-24(22)40-18-16-35(2)11-12-39-17-18)33-28-30-15-19(29)27(34-28)32-20-9-7-8-10-25(20)41(4,5)37/h6-10,13-15,18H,1,11-12,16-17H2,2-5H3,(H,31,36)(H2,30,32,33,34). The molecular formula is C28H34ClN6O5P. The number of benzene rings is 2. The molecule has 1 fully saturated rings. The Morgan fingerprint density at radius 2 is 1.98 bits per heavy atom. The molecule has 1 amide bonds. The highest BCUT2D eigenvalue weighted by molar-refractivity contribution is 7.70. The number of hydrogen-bond acceptors (Lipinski definition) is 10. The molecule has 0 radical (unpaired) electrons. The first kappa shape index (κ1) is 30.3. The summed E-state index contributed by atoms with van der Waals surface area (Å²) in [7, 11) is 0.945. The van der Waals surface area contributed by atoms with Crippen molar-refractivity contribution in [3.8, 4) is 11.5 Å². The summed E-state index contributed by atoms with van der Waals surface area (Å²) in [5.74, 6) is 0.957. The van der Waals surface area contributed by atoms with E-state index in [1.807, 2.05) is 31.3 Å². The average Bonchev–Trinajstić information content (AvgIpc) is 3.14. The van der Waals surface area contributed by atoms with E-state index in [-0.39, 0.29) is 17.1 Å². The normalized spacial score (nSPS) is 15.9. The highest BCUT2D eigenvalue weighted by atomic mass is 35.5. The van der Waals surface area contributed by atoms with E-state index in [0.29, 0.717) is 59.4 Å². The summed E-state index contributed by atoms with van der Waals surface area (Å²) in [6.07, 6.45) is 2.36. The van der Waals surface area contributed by atoms with Crippen LogP contribution in [0.1, 0.15) is 0 Å². The van der Waals surface area contributed by atoms with Crippen molar-refractivity contribution in [3.63, 3.8) is 0 Å². The summed E-state index contributed by atoms with van der Waals surface area (Å²) < 4.78 is 30.4. The molecule has 1 aliphatic heterocycles. The van der Waals surface area contributed by atoms with Gasteiger partial charge in [0.25, 0.3) is 0 Å². The molecule has 2 heterocycles. The lowest BCUT2D eigenvalue weighted by Crippen LogP contribution is -2.33. The Hall–Kier alpha value is -3.63. The molecule has 1 aromatic heterocycles. The first-order valence-electron chi connectivity index (χ1n) is 12.9. The van der Waals surface area contributed by atoms with Crippen molar-refractivity contribution in [1.29, 1.82) is 0 Å². The van der Waals surface area contributed by atoms with Crippen LogP contribution in [0.2, 0.25) is 5.02 Å². The maximum absolute atomic E-state index is 12.8. The lowest BCUT2D eigenvalue weighted by atomic mass is 10.2. The minimum Gasteiger partial charge on any atom is -0.494 e. The Bertz CT molecular complexity index is 1470. The highest BCUT2D eigenvalue weighted by Crippen LogP contribution is 2.40. The number of ether oxygens (including phenoxy) is 3. The lowest BCUT2D eigenvalue weighted by Gasteiger charge is -2.23. The molecule has 13 heteroatoms. The van der Waals surface area contributed by atoms with Crippen LogP contribution >= 0.6 is 18.7 Å². The van der Waals surface area contributed by atoms with E-state index in [9.17, 15) is 9.36 Å². The second-order valence-corrected chi connectivity index (χ2v) is 13.4. The van der Waals surface area contributed by atoms with Crippen molar-refractivity contribution in [3.05, 3.63) is 60.3 Å². The van der Waals surface area contributed by atoms with E-state index in [1.54, 1.807) is 25.5 Å². The Morgan fingerprint density at radius 3 is 2.71 bits per heavy atom. The fraction of sp³-hybridized carbons (Fsp3) is 0.321. The van der Waals surface area contributed by atoms with Gasteiger partial charge in [0.2, 0.25) is 11.9 Å². The predicted molar refractivity (Wildman–Crippen MR) is 164 cm³/mol. The molecule has 1 saturated heterocycles. The number of halogens is 1. The van der Waals surface area contributed by atoms with Crippen LogP contribution in [0.25, 0.3) is 0 Å². The number of rotatable bonds is 10. The fourth-order valence-corrected chi connectivity index (χ4v) is 5.49. The minimum atomic E-state index is -2.57. The van der Waals surface area contributed by atoms with Crippen molar-refractivity contribution >= 4 is 58.8 Å². The zero-order chi connectivity index (χ0) is 29.6. The maximum atomic E-state index is 12.8. The molecule has 1 unspecified atom stereocenters. The van der Waals surface area contributed by atoms with E-state index in [2.05, 4.69) is 37.4 Å². The van der Waals surface area contributed by atoms with Gasteiger partial charge in [-0.3, -0.25) is 4.79 Å². The number of carbonyl (C=O) groups is 1. The first-order chi connectivity index (χ1) is 19.6. The van der Waals surface area contributed by atoms with Crippen molar-refractivity contribution in [1.82, 2.24) is 14.9 Å². The Labute approximate surface area is 244 Å². The molecule has 0 spiro atoms. The number of amides is 1. The zero-order valence-electron chi connectivity index (χ0n) is 23.4. The van der Waals surface area contributed by atoms with Crippen LogP contribution in [0.15, 0.2) is 55.3 Å². The second kappa shape index (κ2) is 13.4. The Kier molecular flexibility index (Phi) is 9.88. The van der Waals surface area contributed by atoms with Crippen molar-refractivity contribution in [2.75, 3.05) is 69.7 Å². The van der Waals surface area contributed by atoms with Gasteiger partial charge in [0, 0.05) is 24.5 Å². The molecule has 0 bridgehead atoms. The molecule has 1 atom stereocenters. The van der Waals surface area contributed by atoms with Crippen LogP contribution in [0.5, 0.6) is 11.5 Å². The Balaban J connectivity index is 1.65. The predicted octanol–water partition coefficient (Wildman–Crippen LogP) is 4.71. The van der Waals surface area contributed by atoms with Crippen LogP contribution in [-0.2, 0) is 14.1 Å². The van der Waals surface area contributed by atoms with Crippen molar-refractivity contribution in [2.24, 2.45) is 0 Å². The number of likely N-dealkylation sites (N-methyl/N-ethyl adjacent to an activating group) is 1. The van der Waals surface area contributed by atoms with Crippen molar-refractivity contribution in [2.45, 2.75) is 6.10 Å². The minimum absolute atomic E-state index is 0.206. The molecule has 2 aromatic carbocycles. The largest absolute Gasteiger partial charge is 0.494 e. The van der Waals surface area contributed by atoms with Crippen LogP contribution in [0, 0.1) is 0 Å². The van der Waals surface area contributed by atoms with Crippen LogP contribution in [-0.4, -0.2) is 80.7 Å². The smallest absolute Gasteiger partial charge is 0.247 e. The molecule has 3 N–H and O–H groups in total. The molecule has 0 saturated carbocycles. The van der Waals surface area contributed by atoms with E-state index in [4.69, 9.17) is 25.8 Å². The molecule has 4 rings (SSSR count). The average molecular weight is 601 g/mol. The third-order valence-electron chi connectivity index (χ3n) is 6.20. The molecule has 218 valence electrons. The van der Waals surface area contributed by atoms with E-state index in [0.717, 1.165) is 6.54 Å². The van der Waals surface area contributed by atoms with Gasteiger partial charge >= 0.3 is 0 Å². The summed E-state index contributed by atoms with van der Waals surface area (Å²) in [6.45, 7) is 9.42.